The molecule has 0 aliphatic carbocycles. The van der Waals surface area contributed by atoms with Gasteiger partial charge in [0, 0.05) is 0 Å². The number of nitrogens with one attached hydrogen (secondary N) is 1. The van der Waals surface area contributed by atoms with Crippen molar-refractivity contribution < 1.29 is 14.3 Å². The first-order valence-electron chi connectivity index (χ1n) is 5.70. The predicted molar refractivity (Wildman–Crippen MR) is 72.9 cm³/mol. The van der Waals surface area contributed by atoms with Crippen molar-refractivity contribution in [1.29, 1.82) is 0 Å². The molecule has 0 fully saturated rings. The summed E-state index contributed by atoms with van der Waals surface area (Å²) in [6.07, 6.45) is 0. The minimum absolute atomic E-state index is 0.181. The van der Waals surface area contributed by atoms with Gasteiger partial charge in [0.15, 0.2) is 11.2 Å². The van der Waals surface area contributed by atoms with Gasteiger partial charge in [0.2, 0.25) is 0 Å². The van der Waals surface area contributed by atoms with Crippen molar-refractivity contribution in [3.05, 3.63) is 24.3 Å². The number of ether oxygens (including phenoxy) is 1. The molecule has 2 rings (SSSR count). The number of carbonyl (C=O) groups is 2. The average Bonchev–Trinajstić information content (AvgIpc) is 2.80. The lowest BCUT2D eigenvalue weighted by Crippen LogP contribution is -2.43. The molecule has 2 aromatic rings. The summed E-state index contributed by atoms with van der Waals surface area (Å²) < 4.78 is 5.63. The summed E-state index contributed by atoms with van der Waals surface area (Å²) in [5, 5.41) is 2.92. The number of amides is 1. The van der Waals surface area contributed by atoms with Crippen LogP contribution in [0.5, 0.6) is 0 Å². The van der Waals surface area contributed by atoms with Gasteiger partial charge in [-0.25, -0.2) is 9.78 Å². The number of nitrogens with zero attached hydrogens (tertiary/aromatic N) is 1. The van der Waals surface area contributed by atoms with Crippen LogP contribution < -0.4 is 11.1 Å². The van der Waals surface area contributed by atoms with E-state index >= 15 is 0 Å². The molecular formula is C12H13N3O3S. The number of anilines is 1. The van der Waals surface area contributed by atoms with Crippen molar-refractivity contribution in [1.82, 2.24) is 4.98 Å². The molecule has 1 aromatic heterocycles. The molecule has 1 aromatic carbocycles. The fraction of sp³-hybridized carbons (Fsp3) is 0.250. The minimum Gasteiger partial charge on any atom is -0.464 e. The number of aromatic nitrogens is 1. The van der Waals surface area contributed by atoms with E-state index in [-0.39, 0.29) is 6.61 Å². The van der Waals surface area contributed by atoms with Crippen LogP contribution in [0.4, 0.5) is 5.13 Å². The van der Waals surface area contributed by atoms with E-state index in [2.05, 4.69) is 15.0 Å². The second-order valence-electron chi connectivity index (χ2n) is 3.71. The Kier molecular flexibility index (Phi) is 4.08. The fourth-order valence-corrected chi connectivity index (χ4v) is 2.32. The maximum Gasteiger partial charge on any atom is 0.332 e. The number of carbonyl (C=O) groups excluding carboxylic acids is 2. The first-order chi connectivity index (χ1) is 9.11. The van der Waals surface area contributed by atoms with Crippen LogP contribution in [0.25, 0.3) is 10.2 Å². The molecule has 0 spiro atoms. The highest BCUT2D eigenvalue weighted by molar-refractivity contribution is 7.22. The number of thiazole rings is 1. The van der Waals surface area contributed by atoms with E-state index in [1.54, 1.807) is 6.92 Å². The normalized spacial score (nSPS) is 12.1. The van der Waals surface area contributed by atoms with E-state index in [0.717, 1.165) is 10.2 Å². The van der Waals surface area contributed by atoms with E-state index in [9.17, 15) is 9.59 Å². The molecule has 0 saturated heterocycles. The Hall–Kier alpha value is -1.99. The number of esters is 1. The lowest BCUT2D eigenvalue weighted by atomic mass is 10.3. The molecule has 100 valence electrons. The van der Waals surface area contributed by atoms with Gasteiger partial charge in [0.25, 0.3) is 5.91 Å². The second kappa shape index (κ2) is 5.77. The van der Waals surface area contributed by atoms with Crippen molar-refractivity contribution in [2.45, 2.75) is 13.0 Å². The SMILES string of the molecule is CCOC(=O)C(N)C(=O)Nc1nc2ccccc2s1. The zero-order valence-electron chi connectivity index (χ0n) is 10.3. The highest BCUT2D eigenvalue weighted by Crippen LogP contribution is 2.25. The largest absolute Gasteiger partial charge is 0.464 e. The number of nitrogens with two attached hydrogens (primary N) is 1. The molecule has 1 heterocycles. The third-order valence-corrected chi connectivity index (χ3v) is 3.30. The Balaban J connectivity index is 2.08. The molecular weight excluding hydrogens is 266 g/mol. The van der Waals surface area contributed by atoms with Gasteiger partial charge in [0.05, 0.1) is 16.8 Å². The Morgan fingerprint density at radius 1 is 1.47 bits per heavy atom. The lowest BCUT2D eigenvalue weighted by molar-refractivity contribution is -0.146. The number of hydrogen-bond donors (Lipinski definition) is 2. The summed E-state index contributed by atoms with van der Waals surface area (Å²) in [6.45, 7) is 1.83. The van der Waals surface area contributed by atoms with Crippen LogP contribution in [-0.2, 0) is 14.3 Å². The van der Waals surface area contributed by atoms with Crippen LogP contribution in [0, 0.1) is 0 Å². The van der Waals surface area contributed by atoms with Crippen LogP contribution in [0.1, 0.15) is 6.92 Å². The summed E-state index contributed by atoms with van der Waals surface area (Å²) in [5.41, 5.74) is 6.26. The molecule has 1 amide bonds. The standard InChI is InChI=1S/C12H13N3O3S/c1-2-18-11(17)9(13)10(16)15-12-14-7-5-3-4-6-8(7)19-12/h3-6,9H,2,13H2,1H3,(H,14,15,16). The summed E-state index contributed by atoms with van der Waals surface area (Å²) >= 11 is 1.32. The number of hydrogen-bond acceptors (Lipinski definition) is 6. The molecule has 7 heteroatoms. The van der Waals surface area contributed by atoms with Gasteiger partial charge in [-0.2, -0.15) is 0 Å². The summed E-state index contributed by atoms with van der Waals surface area (Å²) in [4.78, 5) is 27.3. The smallest absolute Gasteiger partial charge is 0.332 e. The van der Waals surface area contributed by atoms with Crippen molar-refractivity contribution in [3.63, 3.8) is 0 Å². The molecule has 0 bridgehead atoms. The Morgan fingerprint density at radius 3 is 2.89 bits per heavy atom. The maximum atomic E-state index is 11.7. The Labute approximate surface area is 113 Å². The predicted octanol–water partition coefficient (Wildman–Crippen LogP) is 1.13. The second-order valence-corrected chi connectivity index (χ2v) is 4.74. The van der Waals surface area contributed by atoms with Crippen LogP contribution in [-0.4, -0.2) is 29.5 Å². The molecule has 0 saturated carbocycles. The molecule has 0 aliphatic rings. The van der Waals surface area contributed by atoms with E-state index < -0.39 is 17.9 Å². The molecule has 0 aliphatic heterocycles. The monoisotopic (exact) mass is 279 g/mol. The summed E-state index contributed by atoms with van der Waals surface area (Å²) in [6, 6.07) is 6.14. The van der Waals surface area contributed by atoms with Gasteiger partial charge in [-0.1, -0.05) is 23.5 Å². The molecule has 19 heavy (non-hydrogen) atoms. The van der Waals surface area contributed by atoms with Crippen molar-refractivity contribution in [3.8, 4) is 0 Å². The van der Waals surface area contributed by atoms with Gasteiger partial charge < -0.3 is 15.8 Å². The third kappa shape index (κ3) is 3.07. The van der Waals surface area contributed by atoms with Crippen LogP contribution in [0.15, 0.2) is 24.3 Å². The highest BCUT2D eigenvalue weighted by Gasteiger charge is 2.24. The van der Waals surface area contributed by atoms with Gasteiger partial charge >= 0.3 is 5.97 Å². The van der Waals surface area contributed by atoms with Crippen LogP contribution >= 0.6 is 11.3 Å². The zero-order chi connectivity index (χ0) is 13.8. The summed E-state index contributed by atoms with van der Waals surface area (Å²) in [5.74, 6) is -1.38. The van der Waals surface area contributed by atoms with Gasteiger partial charge in [-0.15, -0.1) is 0 Å². The first-order valence-corrected chi connectivity index (χ1v) is 6.52. The van der Waals surface area contributed by atoms with Gasteiger partial charge in [-0.05, 0) is 19.1 Å². The summed E-state index contributed by atoms with van der Waals surface area (Å²) in [7, 11) is 0. The van der Waals surface area contributed by atoms with E-state index in [1.165, 1.54) is 11.3 Å². The third-order valence-electron chi connectivity index (χ3n) is 2.35. The van der Waals surface area contributed by atoms with Crippen LogP contribution in [0.3, 0.4) is 0 Å². The Morgan fingerprint density at radius 2 is 2.21 bits per heavy atom. The van der Waals surface area contributed by atoms with Crippen molar-refractivity contribution >= 4 is 38.6 Å². The molecule has 6 nitrogen and oxygen atoms in total. The molecule has 0 radical (unpaired) electrons. The van der Waals surface area contributed by atoms with E-state index in [4.69, 9.17) is 5.73 Å². The van der Waals surface area contributed by atoms with Crippen LogP contribution in [0.2, 0.25) is 0 Å². The van der Waals surface area contributed by atoms with Gasteiger partial charge in [-0.3, -0.25) is 4.79 Å². The average molecular weight is 279 g/mol. The first kappa shape index (κ1) is 13.4. The lowest BCUT2D eigenvalue weighted by Gasteiger charge is -2.09. The number of fused-ring (bicyclic) bond motifs is 1. The number of para-hydroxylation sites is 1. The molecule has 3 N–H and O–H groups in total. The van der Waals surface area contributed by atoms with Crippen molar-refractivity contribution in [2.24, 2.45) is 5.73 Å². The molecule has 1 unspecified atom stereocenters. The van der Waals surface area contributed by atoms with E-state index in [0.29, 0.717) is 5.13 Å². The number of benzene rings is 1. The topological polar surface area (TPSA) is 94.3 Å². The minimum atomic E-state index is -1.34. The number of rotatable bonds is 4. The molecule has 1 atom stereocenters. The zero-order valence-corrected chi connectivity index (χ0v) is 11.1. The van der Waals surface area contributed by atoms with Gasteiger partial charge in [0.1, 0.15) is 0 Å². The maximum absolute atomic E-state index is 11.7. The highest BCUT2D eigenvalue weighted by atomic mass is 32.1. The van der Waals surface area contributed by atoms with E-state index in [1.807, 2.05) is 24.3 Å². The fourth-order valence-electron chi connectivity index (χ4n) is 1.45. The Bertz CT molecular complexity index is 578. The van der Waals surface area contributed by atoms with Crippen molar-refractivity contribution in [2.75, 3.05) is 11.9 Å². The quantitative estimate of drug-likeness (QED) is 0.646.